The third kappa shape index (κ3) is 3.96. The number of hydrogen-bond acceptors (Lipinski definition) is 9. The van der Waals surface area contributed by atoms with Crippen molar-refractivity contribution < 1.29 is 18.7 Å². The van der Waals surface area contributed by atoms with Crippen LogP contribution in [0.15, 0.2) is 52.1 Å². The second-order valence-electron chi connectivity index (χ2n) is 6.93. The first-order valence-corrected chi connectivity index (χ1v) is 11.4. The molecular weight excluding hydrogens is 436 g/mol. The van der Waals surface area contributed by atoms with E-state index in [1.54, 1.807) is 35.4 Å². The number of fused-ring (bicyclic) bond motifs is 2. The highest BCUT2D eigenvalue weighted by atomic mass is 32.2. The van der Waals surface area contributed by atoms with Crippen LogP contribution in [0.1, 0.15) is 18.0 Å². The standard InChI is InChI=1S/C21H18N4O4S2/c1-12(20-22-14-5-3-4-6-17(14)31-20)25(2)18(26)10-30-21-24-23-19(29-21)13-7-8-15-16(9-13)28-11-27-15/h3-9,12H,10-11H2,1-2H3/t12-/m0/s1. The molecule has 2 aromatic carbocycles. The number of carbonyl (C=O) groups is 1. The Bertz CT molecular complexity index is 1220. The summed E-state index contributed by atoms with van der Waals surface area (Å²) in [5.74, 6) is 1.84. The van der Waals surface area contributed by atoms with Crippen LogP contribution in [0.4, 0.5) is 0 Å². The van der Waals surface area contributed by atoms with Crippen LogP contribution in [0.25, 0.3) is 21.7 Å². The number of aromatic nitrogens is 3. The van der Waals surface area contributed by atoms with Crippen molar-refractivity contribution in [2.24, 2.45) is 0 Å². The van der Waals surface area contributed by atoms with Crippen LogP contribution < -0.4 is 9.47 Å². The summed E-state index contributed by atoms with van der Waals surface area (Å²) in [7, 11) is 1.78. The van der Waals surface area contributed by atoms with E-state index in [0.29, 0.717) is 22.6 Å². The molecule has 0 N–H and O–H groups in total. The molecule has 10 heteroatoms. The number of amides is 1. The molecule has 8 nitrogen and oxygen atoms in total. The zero-order chi connectivity index (χ0) is 21.4. The molecule has 4 aromatic rings. The lowest BCUT2D eigenvalue weighted by Gasteiger charge is -2.22. The molecular formula is C21H18N4O4S2. The number of para-hydroxylation sites is 1. The summed E-state index contributed by atoms with van der Waals surface area (Å²) in [6.45, 7) is 2.18. The van der Waals surface area contributed by atoms with Crippen LogP contribution in [0.5, 0.6) is 11.5 Å². The third-order valence-corrected chi connectivity index (χ3v) is 7.00. The largest absolute Gasteiger partial charge is 0.454 e. The first-order chi connectivity index (χ1) is 15.1. The molecule has 0 saturated heterocycles. The van der Waals surface area contributed by atoms with E-state index in [9.17, 15) is 4.79 Å². The van der Waals surface area contributed by atoms with Gasteiger partial charge in [0.2, 0.25) is 18.6 Å². The first kappa shape index (κ1) is 19.8. The van der Waals surface area contributed by atoms with Crippen LogP contribution in [0.2, 0.25) is 0 Å². The summed E-state index contributed by atoms with van der Waals surface area (Å²) >= 11 is 2.81. The fourth-order valence-corrected chi connectivity index (χ4v) is 4.84. The number of rotatable bonds is 6. The molecule has 31 heavy (non-hydrogen) atoms. The molecule has 2 aromatic heterocycles. The van der Waals surface area contributed by atoms with E-state index in [0.717, 1.165) is 20.8 Å². The number of thiazole rings is 1. The van der Waals surface area contributed by atoms with Crippen molar-refractivity contribution in [3.05, 3.63) is 47.5 Å². The minimum atomic E-state index is -0.127. The molecule has 0 aliphatic carbocycles. The summed E-state index contributed by atoms with van der Waals surface area (Å²) in [6.07, 6.45) is 0. The molecule has 5 rings (SSSR count). The van der Waals surface area contributed by atoms with Crippen molar-refractivity contribution in [1.82, 2.24) is 20.1 Å². The van der Waals surface area contributed by atoms with Crippen LogP contribution >= 0.6 is 23.1 Å². The zero-order valence-electron chi connectivity index (χ0n) is 16.8. The molecule has 0 bridgehead atoms. The summed E-state index contributed by atoms with van der Waals surface area (Å²) in [6, 6.07) is 13.3. The Morgan fingerprint density at radius 3 is 2.90 bits per heavy atom. The van der Waals surface area contributed by atoms with Gasteiger partial charge in [0.1, 0.15) is 5.01 Å². The van der Waals surface area contributed by atoms with E-state index in [1.165, 1.54) is 11.8 Å². The number of ether oxygens (including phenoxy) is 2. The Hall–Kier alpha value is -3.11. The van der Waals surface area contributed by atoms with Gasteiger partial charge in [-0.1, -0.05) is 23.9 Å². The third-order valence-electron chi connectivity index (χ3n) is 4.99. The second kappa shape index (κ2) is 8.20. The first-order valence-electron chi connectivity index (χ1n) is 9.56. The quantitative estimate of drug-likeness (QED) is 0.396. The predicted molar refractivity (Wildman–Crippen MR) is 117 cm³/mol. The summed E-state index contributed by atoms with van der Waals surface area (Å²) < 4.78 is 17.5. The lowest BCUT2D eigenvalue weighted by atomic mass is 10.2. The van der Waals surface area contributed by atoms with Crippen molar-refractivity contribution in [3.63, 3.8) is 0 Å². The highest BCUT2D eigenvalue weighted by Gasteiger charge is 2.22. The maximum absolute atomic E-state index is 12.7. The Kier molecular flexibility index (Phi) is 5.24. The Balaban J connectivity index is 1.22. The van der Waals surface area contributed by atoms with Crippen molar-refractivity contribution in [2.45, 2.75) is 18.2 Å². The molecule has 1 amide bonds. The van der Waals surface area contributed by atoms with Crippen molar-refractivity contribution in [2.75, 3.05) is 19.6 Å². The molecule has 0 unspecified atom stereocenters. The van der Waals surface area contributed by atoms with Crippen LogP contribution in [-0.2, 0) is 4.79 Å². The molecule has 0 fully saturated rings. The topological polar surface area (TPSA) is 90.6 Å². The van der Waals surface area contributed by atoms with E-state index in [1.807, 2.05) is 37.3 Å². The number of benzene rings is 2. The molecule has 158 valence electrons. The molecule has 1 atom stereocenters. The average Bonchev–Trinajstić information content (AvgIpc) is 3.54. The van der Waals surface area contributed by atoms with E-state index < -0.39 is 0 Å². The van der Waals surface area contributed by atoms with Gasteiger partial charge in [-0.2, -0.15) is 0 Å². The van der Waals surface area contributed by atoms with Crippen LogP contribution in [-0.4, -0.2) is 45.6 Å². The summed E-state index contributed by atoms with van der Waals surface area (Å²) in [5.41, 5.74) is 1.68. The number of nitrogens with zero attached hydrogens (tertiary/aromatic N) is 4. The van der Waals surface area contributed by atoms with Gasteiger partial charge < -0.3 is 18.8 Å². The monoisotopic (exact) mass is 454 g/mol. The van der Waals surface area contributed by atoms with E-state index >= 15 is 0 Å². The Morgan fingerprint density at radius 2 is 2.03 bits per heavy atom. The number of hydrogen-bond donors (Lipinski definition) is 0. The van der Waals surface area contributed by atoms with Crippen molar-refractivity contribution in [3.8, 4) is 23.0 Å². The lowest BCUT2D eigenvalue weighted by Crippen LogP contribution is -2.31. The summed E-state index contributed by atoms with van der Waals surface area (Å²) in [5, 5.41) is 9.36. The maximum atomic E-state index is 12.7. The van der Waals surface area contributed by atoms with Gasteiger partial charge in [-0.05, 0) is 37.3 Å². The van der Waals surface area contributed by atoms with Gasteiger partial charge >= 0.3 is 0 Å². The normalized spacial score (nSPS) is 13.5. The van der Waals surface area contributed by atoms with Gasteiger partial charge in [0, 0.05) is 12.6 Å². The number of carbonyl (C=O) groups excluding carboxylic acids is 1. The lowest BCUT2D eigenvalue weighted by molar-refractivity contribution is -0.128. The fourth-order valence-electron chi connectivity index (χ4n) is 3.09. The zero-order valence-corrected chi connectivity index (χ0v) is 18.4. The van der Waals surface area contributed by atoms with E-state index in [-0.39, 0.29) is 24.5 Å². The molecule has 0 spiro atoms. The van der Waals surface area contributed by atoms with Gasteiger partial charge in [0.15, 0.2) is 11.5 Å². The van der Waals surface area contributed by atoms with Gasteiger partial charge in [-0.15, -0.1) is 21.5 Å². The second-order valence-corrected chi connectivity index (χ2v) is 8.92. The van der Waals surface area contributed by atoms with Gasteiger partial charge in [0.25, 0.3) is 5.22 Å². The number of thioether (sulfide) groups is 1. The van der Waals surface area contributed by atoms with E-state index in [2.05, 4.69) is 15.2 Å². The SMILES string of the molecule is C[C@@H](c1nc2ccccc2s1)N(C)C(=O)CSc1nnc(-c2ccc3c(c2)OCO3)o1. The van der Waals surface area contributed by atoms with Crippen LogP contribution in [0.3, 0.4) is 0 Å². The Morgan fingerprint density at radius 1 is 1.19 bits per heavy atom. The molecule has 0 radical (unpaired) electrons. The molecule has 1 aliphatic heterocycles. The van der Waals surface area contributed by atoms with Gasteiger partial charge in [-0.25, -0.2) is 4.98 Å². The van der Waals surface area contributed by atoms with Gasteiger partial charge in [0.05, 0.1) is 22.0 Å². The molecule has 0 saturated carbocycles. The highest BCUT2D eigenvalue weighted by molar-refractivity contribution is 7.99. The minimum Gasteiger partial charge on any atom is -0.454 e. The fraction of sp³-hybridized carbons (Fsp3) is 0.238. The summed E-state index contributed by atoms with van der Waals surface area (Å²) in [4.78, 5) is 19.1. The maximum Gasteiger partial charge on any atom is 0.277 e. The molecule has 1 aliphatic rings. The smallest absolute Gasteiger partial charge is 0.277 e. The highest BCUT2D eigenvalue weighted by Crippen LogP contribution is 2.36. The minimum absolute atomic E-state index is 0.0421. The van der Waals surface area contributed by atoms with Gasteiger partial charge in [-0.3, -0.25) is 4.79 Å². The molecule has 3 heterocycles. The van der Waals surface area contributed by atoms with Crippen LogP contribution in [0, 0.1) is 0 Å². The van der Waals surface area contributed by atoms with Crippen molar-refractivity contribution in [1.29, 1.82) is 0 Å². The van der Waals surface area contributed by atoms with Crippen molar-refractivity contribution >= 4 is 39.2 Å². The van der Waals surface area contributed by atoms with E-state index in [4.69, 9.17) is 13.9 Å². The predicted octanol–water partition coefficient (Wildman–Crippen LogP) is 4.39. The average molecular weight is 455 g/mol. The Labute approximate surface area is 186 Å².